The smallest absolute Gasteiger partial charge is 0.227 e. The molecule has 3 aromatic rings. The van der Waals surface area contributed by atoms with Crippen LogP contribution in [0.4, 0.5) is 5.69 Å². The molecule has 0 saturated carbocycles. The second-order valence-corrected chi connectivity index (χ2v) is 10.0. The van der Waals surface area contributed by atoms with E-state index in [0.29, 0.717) is 34.9 Å². The Kier molecular flexibility index (Phi) is 11.0. The number of amides is 1. The summed E-state index contributed by atoms with van der Waals surface area (Å²) in [6.07, 6.45) is 8.81. The lowest BCUT2D eigenvalue weighted by Gasteiger charge is -2.29. The highest BCUT2D eigenvalue weighted by molar-refractivity contribution is 5.97. The number of anilines is 1. The van der Waals surface area contributed by atoms with Gasteiger partial charge in [0.15, 0.2) is 0 Å². The van der Waals surface area contributed by atoms with Crippen molar-refractivity contribution in [3.8, 4) is 0 Å². The van der Waals surface area contributed by atoms with Gasteiger partial charge in [0.2, 0.25) is 11.3 Å². The zero-order chi connectivity index (χ0) is 23.8. The van der Waals surface area contributed by atoms with E-state index in [-0.39, 0.29) is 35.3 Å². The summed E-state index contributed by atoms with van der Waals surface area (Å²) in [6.45, 7) is 3.67. The van der Waals surface area contributed by atoms with Crippen molar-refractivity contribution in [2.24, 2.45) is 0 Å². The average Bonchev–Trinajstić information content (AvgIpc) is 2.78. The van der Waals surface area contributed by atoms with Crippen LogP contribution in [0.1, 0.15) is 58.3 Å². The van der Waals surface area contributed by atoms with Gasteiger partial charge in [-0.25, -0.2) is 0 Å². The van der Waals surface area contributed by atoms with Crippen LogP contribution in [0.25, 0.3) is 21.9 Å². The quantitative estimate of drug-likeness (QED) is 0.144. The van der Waals surface area contributed by atoms with E-state index in [1.54, 1.807) is 6.07 Å². The van der Waals surface area contributed by atoms with Crippen molar-refractivity contribution in [3.63, 3.8) is 0 Å². The molecule has 2 aromatic carbocycles. The van der Waals surface area contributed by atoms with Crippen molar-refractivity contribution in [1.29, 1.82) is 0 Å². The molecular weight excluding hydrogens is 539 g/mol. The fraction of sp³-hybridized carbons (Fsp3) is 0.500. The van der Waals surface area contributed by atoms with Gasteiger partial charge in [-0.05, 0) is 36.8 Å². The summed E-state index contributed by atoms with van der Waals surface area (Å²) in [5.41, 5.74) is 1.85. The van der Waals surface area contributed by atoms with Crippen LogP contribution in [0.5, 0.6) is 0 Å². The van der Waals surface area contributed by atoms with Crippen LogP contribution in [-0.2, 0) is 4.79 Å². The summed E-state index contributed by atoms with van der Waals surface area (Å²) in [5, 5.41) is 1.08. The third-order valence-electron chi connectivity index (χ3n) is 6.16. The molecule has 0 N–H and O–H groups in total. The summed E-state index contributed by atoms with van der Waals surface area (Å²) in [4.78, 5) is 28.2. The number of nitrogens with zero attached hydrogens (tertiary/aromatic N) is 2. The molecule has 0 aliphatic heterocycles. The van der Waals surface area contributed by atoms with Crippen LogP contribution in [0, 0.1) is 0 Å². The van der Waals surface area contributed by atoms with Crippen LogP contribution >= 0.6 is 0 Å². The van der Waals surface area contributed by atoms with Gasteiger partial charge in [0.1, 0.15) is 11.2 Å². The molecule has 3 rings (SSSR count). The number of fused-ring (bicyclic) bond motifs is 2. The van der Waals surface area contributed by atoms with E-state index in [0.717, 1.165) is 29.6 Å². The van der Waals surface area contributed by atoms with Gasteiger partial charge in [0, 0.05) is 12.1 Å². The van der Waals surface area contributed by atoms with Gasteiger partial charge in [0.05, 0.1) is 45.0 Å². The second kappa shape index (κ2) is 13.2. The van der Waals surface area contributed by atoms with Crippen LogP contribution in [-0.4, -0.2) is 44.6 Å². The Balaban J connectivity index is 0.00000408. The molecule has 34 heavy (non-hydrogen) atoms. The predicted molar refractivity (Wildman–Crippen MR) is 138 cm³/mol. The first-order chi connectivity index (χ1) is 15.8. The first kappa shape index (κ1) is 28.3. The summed E-state index contributed by atoms with van der Waals surface area (Å²) in [5.74, 6) is 0.126. The van der Waals surface area contributed by atoms with Gasteiger partial charge in [0.25, 0.3) is 0 Å². The standard InChI is InChI=1S/C28H39N2O3.HI/c1-5-6-7-8-9-10-11-16-27(31)29(19-20-30(2,3)4)22-17-18-26-24(21-22)28(32)23-14-12-13-15-25(23)33-26;/h12-15,17-18,21H,5-11,16,19-20H2,1-4H3;1H/q+1;/p-1. The van der Waals surface area contributed by atoms with Crippen molar-refractivity contribution in [1.82, 2.24) is 0 Å². The highest BCUT2D eigenvalue weighted by Gasteiger charge is 2.20. The SMILES string of the molecule is CCCCCCCCCC(=O)N(CC[N+](C)(C)C)c1ccc2oc3ccccc3c(=O)c2c1.[I-]. The van der Waals surface area contributed by atoms with E-state index in [4.69, 9.17) is 4.42 Å². The topological polar surface area (TPSA) is 50.5 Å². The van der Waals surface area contributed by atoms with Crippen molar-refractivity contribution in [2.75, 3.05) is 39.1 Å². The summed E-state index contributed by atoms with van der Waals surface area (Å²) < 4.78 is 6.72. The number of halogens is 1. The van der Waals surface area contributed by atoms with Gasteiger partial charge in [-0.1, -0.05) is 57.6 Å². The molecule has 0 fully saturated rings. The highest BCUT2D eigenvalue weighted by Crippen LogP contribution is 2.25. The fourth-order valence-corrected chi connectivity index (χ4v) is 4.13. The monoisotopic (exact) mass is 578 g/mol. The number of unbranched alkanes of at least 4 members (excludes halogenated alkanes) is 6. The number of carbonyl (C=O) groups excluding carboxylic acids is 1. The number of carbonyl (C=O) groups is 1. The van der Waals surface area contributed by atoms with Gasteiger partial charge in [-0.15, -0.1) is 0 Å². The number of hydrogen-bond acceptors (Lipinski definition) is 3. The Labute approximate surface area is 220 Å². The number of hydrogen-bond donors (Lipinski definition) is 0. The Hall–Kier alpha value is -1.93. The Bertz CT molecular complexity index is 1130. The molecule has 5 nitrogen and oxygen atoms in total. The van der Waals surface area contributed by atoms with Crippen molar-refractivity contribution >= 4 is 33.5 Å². The molecule has 1 amide bonds. The molecule has 0 atom stereocenters. The summed E-state index contributed by atoms with van der Waals surface area (Å²) >= 11 is 0. The number of quaternary nitrogens is 1. The molecule has 186 valence electrons. The molecule has 0 saturated heterocycles. The molecule has 0 unspecified atom stereocenters. The van der Waals surface area contributed by atoms with Crippen molar-refractivity contribution in [3.05, 3.63) is 52.7 Å². The first-order valence-corrected chi connectivity index (χ1v) is 12.4. The molecule has 0 spiro atoms. The normalized spacial score (nSPS) is 11.5. The lowest BCUT2D eigenvalue weighted by molar-refractivity contribution is -0.868. The van der Waals surface area contributed by atoms with E-state index in [9.17, 15) is 9.59 Å². The molecule has 0 bridgehead atoms. The minimum Gasteiger partial charge on any atom is -1.00 e. The fourth-order valence-electron chi connectivity index (χ4n) is 4.13. The van der Waals surface area contributed by atoms with E-state index in [1.807, 2.05) is 41.3 Å². The molecule has 0 radical (unpaired) electrons. The molecular formula is C28H39IN2O3. The molecule has 1 heterocycles. The molecule has 0 aliphatic rings. The average molecular weight is 579 g/mol. The third kappa shape index (κ3) is 7.80. The summed E-state index contributed by atoms with van der Waals surface area (Å²) in [6, 6.07) is 12.8. The number of para-hydroxylation sites is 1. The Morgan fingerprint density at radius 3 is 2.24 bits per heavy atom. The molecule has 1 aromatic heterocycles. The number of rotatable bonds is 12. The van der Waals surface area contributed by atoms with Crippen molar-refractivity contribution in [2.45, 2.75) is 58.3 Å². The lowest BCUT2D eigenvalue weighted by atomic mass is 10.1. The van der Waals surface area contributed by atoms with Crippen LogP contribution in [0.3, 0.4) is 0 Å². The maximum atomic E-state index is 13.2. The highest BCUT2D eigenvalue weighted by atomic mass is 127. The predicted octanol–water partition coefficient (Wildman–Crippen LogP) is 3.13. The molecule has 0 aliphatic carbocycles. The largest absolute Gasteiger partial charge is 1.00 e. The van der Waals surface area contributed by atoms with Gasteiger partial charge in [-0.2, -0.15) is 0 Å². The maximum absolute atomic E-state index is 13.2. The van der Waals surface area contributed by atoms with E-state index in [1.165, 1.54) is 32.1 Å². The van der Waals surface area contributed by atoms with E-state index in [2.05, 4.69) is 28.1 Å². The number of likely N-dealkylation sites (N-methyl/N-ethyl adjacent to an activating group) is 1. The zero-order valence-corrected chi connectivity index (χ0v) is 23.3. The van der Waals surface area contributed by atoms with Gasteiger partial charge < -0.3 is 37.8 Å². The Morgan fingerprint density at radius 1 is 0.882 bits per heavy atom. The second-order valence-electron chi connectivity index (χ2n) is 10.0. The van der Waals surface area contributed by atoms with Crippen LogP contribution in [0.2, 0.25) is 0 Å². The Morgan fingerprint density at radius 2 is 1.53 bits per heavy atom. The van der Waals surface area contributed by atoms with Crippen molar-refractivity contribution < 1.29 is 37.7 Å². The first-order valence-electron chi connectivity index (χ1n) is 12.4. The zero-order valence-electron chi connectivity index (χ0n) is 21.1. The van der Waals surface area contributed by atoms with E-state index < -0.39 is 0 Å². The van der Waals surface area contributed by atoms with Gasteiger partial charge in [-0.3, -0.25) is 9.59 Å². The minimum atomic E-state index is -0.0558. The number of benzene rings is 2. The van der Waals surface area contributed by atoms with Crippen LogP contribution in [0.15, 0.2) is 51.7 Å². The maximum Gasteiger partial charge on any atom is 0.227 e. The lowest BCUT2D eigenvalue weighted by Crippen LogP contribution is -3.00. The minimum absolute atomic E-state index is 0. The summed E-state index contributed by atoms with van der Waals surface area (Å²) in [7, 11) is 6.38. The van der Waals surface area contributed by atoms with E-state index >= 15 is 0 Å². The third-order valence-corrected chi connectivity index (χ3v) is 6.16. The van der Waals surface area contributed by atoms with Crippen LogP contribution < -0.4 is 34.3 Å². The molecule has 6 heteroatoms. The van der Waals surface area contributed by atoms with Gasteiger partial charge >= 0.3 is 0 Å².